The summed E-state index contributed by atoms with van der Waals surface area (Å²) in [4.78, 5) is 12.7. The summed E-state index contributed by atoms with van der Waals surface area (Å²) in [6, 6.07) is 0. The first-order valence-corrected chi connectivity index (χ1v) is 6.54. The van der Waals surface area contributed by atoms with E-state index in [-0.39, 0.29) is 12.2 Å². The van der Waals surface area contributed by atoms with Crippen molar-refractivity contribution in [3.63, 3.8) is 0 Å². The third-order valence-corrected chi connectivity index (χ3v) is 3.15. The zero-order valence-electron chi connectivity index (χ0n) is 10.9. The number of hydrogen-bond donors (Lipinski definition) is 1. The summed E-state index contributed by atoms with van der Waals surface area (Å²) < 4.78 is 13.1. The van der Waals surface area contributed by atoms with E-state index in [1.807, 2.05) is 11.5 Å². The van der Waals surface area contributed by atoms with Crippen LogP contribution >= 0.6 is 0 Å². The molecule has 0 aromatic carbocycles. The van der Waals surface area contributed by atoms with Crippen molar-refractivity contribution >= 4 is 17.1 Å². The number of aromatic nitrogens is 4. The molecule has 3 heterocycles. The molecule has 1 aliphatic heterocycles. The van der Waals surface area contributed by atoms with Gasteiger partial charge in [-0.2, -0.15) is 9.97 Å². The Morgan fingerprint density at radius 1 is 1.47 bits per heavy atom. The first-order valence-electron chi connectivity index (χ1n) is 6.54. The van der Waals surface area contributed by atoms with Crippen LogP contribution < -0.4 is 10.5 Å². The highest BCUT2D eigenvalue weighted by Gasteiger charge is 2.21. The maximum Gasteiger partial charge on any atom is 0.247 e. The Labute approximate surface area is 110 Å². The van der Waals surface area contributed by atoms with Crippen LogP contribution in [0.25, 0.3) is 11.2 Å². The third-order valence-electron chi connectivity index (χ3n) is 3.15. The van der Waals surface area contributed by atoms with Crippen molar-refractivity contribution in [3.8, 4) is 5.88 Å². The van der Waals surface area contributed by atoms with Crippen LogP contribution in [0, 0.1) is 0 Å². The molecule has 19 heavy (non-hydrogen) atoms. The average Bonchev–Trinajstić information content (AvgIpc) is 2.84. The molecule has 7 nitrogen and oxygen atoms in total. The van der Waals surface area contributed by atoms with Gasteiger partial charge in [0.25, 0.3) is 0 Å². The van der Waals surface area contributed by atoms with Gasteiger partial charge in [-0.15, -0.1) is 0 Å². The summed E-state index contributed by atoms with van der Waals surface area (Å²) in [7, 11) is 0. The zero-order valence-corrected chi connectivity index (χ0v) is 10.9. The lowest BCUT2D eigenvalue weighted by Gasteiger charge is -2.23. The van der Waals surface area contributed by atoms with Gasteiger partial charge in [-0.05, 0) is 26.2 Å². The average molecular weight is 263 g/mol. The van der Waals surface area contributed by atoms with E-state index in [1.165, 1.54) is 0 Å². The van der Waals surface area contributed by atoms with Gasteiger partial charge in [-0.3, -0.25) is 4.57 Å². The summed E-state index contributed by atoms with van der Waals surface area (Å²) in [5.41, 5.74) is 7.03. The molecule has 1 fully saturated rings. The largest absolute Gasteiger partial charge is 0.476 e. The summed E-state index contributed by atoms with van der Waals surface area (Å²) in [5.74, 6) is 0.619. The maximum atomic E-state index is 5.75. The van der Waals surface area contributed by atoms with Gasteiger partial charge < -0.3 is 15.2 Å². The molecule has 0 aliphatic carbocycles. The summed E-state index contributed by atoms with van der Waals surface area (Å²) in [5, 5.41) is 0. The molecule has 7 heteroatoms. The molecule has 0 spiro atoms. The normalized spacial score (nSPS) is 19.7. The first kappa shape index (κ1) is 12.2. The number of nitrogen functional groups attached to an aromatic ring is 1. The van der Waals surface area contributed by atoms with Crippen LogP contribution in [-0.2, 0) is 4.74 Å². The number of fused-ring (bicyclic) bond motifs is 1. The minimum atomic E-state index is -0.0254. The Hall–Kier alpha value is -1.89. The second kappa shape index (κ2) is 5.00. The second-order valence-electron chi connectivity index (χ2n) is 4.47. The Morgan fingerprint density at radius 3 is 3.11 bits per heavy atom. The molecule has 0 bridgehead atoms. The summed E-state index contributed by atoms with van der Waals surface area (Å²) in [6.45, 7) is 3.17. The van der Waals surface area contributed by atoms with E-state index in [2.05, 4.69) is 15.0 Å². The van der Waals surface area contributed by atoms with Crippen molar-refractivity contribution in [1.82, 2.24) is 19.5 Å². The van der Waals surface area contributed by atoms with Crippen LogP contribution in [-0.4, -0.2) is 32.7 Å². The standard InChI is InChI=1S/C12H17N5O2/c1-2-18-11-9-10(15-12(13)16-11)17(7-14-9)8-5-3-4-6-19-8/h7-8H,2-6H2,1H3,(H2,13,15,16). The Balaban J connectivity index is 2.06. The van der Waals surface area contributed by atoms with Crippen molar-refractivity contribution < 1.29 is 9.47 Å². The number of nitrogens with two attached hydrogens (primary N) is 1. The number of rotatable bonds is 3. The van der Waals surface area contributed by atoms with Gasteiger partial charge in [-0.1, -0.05) is 0 Å². The van der Waals surface area contributed by atoms with E-state index in [9.17, 15) is 0 Å². The third kappa shape index (κ3) is 2.21. The van der Waals surface area contributed by atoms with E-state index >= 15 is 0 Å². The van der Waals surface area contributed by atoms with Crippen molar-refractivity contribution in [2.24, 2.45) is 0 Å². The summed E-state index contributed by atoms with van der Waals surface area (Å²) in [6.07, 6.45) is 4.90. The predicted molar refractivity (Wildman–Crippen MR) is 69.7 cm³/mol. The molecule has 102 valence electrons. The predicted octanol–water partition coefficient (Wildman–Crippen LogP) is 1.51. The first-order chi connectivity index (χ1) is 9.29. The lowest BCUT2D eigenvalue weighted by Crippen LogP contribution is -2.18. The molecule has 2 N–H and O–H groups in total. The quantitative estimate of drug-likeness (QED) is 0.903. The number of anilines is 1. The fourth-order valence-electron chi connectivity index (χ4n) is 2.30. The number of nitrogens with zero attached hydrogens (tertiary/aromatic N) is 4. The number of ether oxygens (including phenoxy) is 2. The highest BCUT2D eigenvalue weighted by Crippen LogP contribution is 2.28. The molecule has 0 radical (unpaired) electrons. The molecule has 2 aromatic rings. The van der Waals surface area contributed by atoms with Crippen LogP contribution in [0.4, 0.5) is 5.95 Å². The van der Waals surface area contributed by atoms with Gasteiger partial charge >= 0.3 is 0 Å². The second-order valence-corrected chi connectivity index (χ2v) is 4.47. The van der Waals surface area contributed by atoms with Gasteiger partial charge in [0.2, 0.25) is 11.8 Å². The van der Waals surface area contributed by atoms with Crippen molar-refractivity contribution in [2.45, 2.75) is 32.4 Å². The minimum Gasteiger partial charge on any atom is -0.476 e. The molecular weight excluding hydrogens is 246 g/mol. The van der Waals surface area contributed by atoms with Gasteiger partial charge in [-0.25, -0.2) is 4.98 Å². The van der Waals surface area contributed by atoms with Crippen LogP contribution in [0.3, 0.4) is 0 Å². The van der Waals surface area contributed by atoms with Gasteiger partial charge in [0.1, 0.15) is 6.23 Å². The van der Waals surface area contributed by atoms with Crippen LogP contribution in [0.5, 0.6) is 5.88 Å². The SMILES string of the molecule is CCOc1nc(N)nc2c1ncn2C1CCCCO1. The van der Waals surface area contributed by atoms with Crippen molar-refractivity contribution in [1.29, 1.82) is 0 Å². The fourth-order valence-corrected chi connectivity index (χ4v) is 2.30. The van der Waals surface area contributed by atoms with Gasteiger partial charge in [0.05, 0.1) is 12.9 Å². The monoisotopic (exact) mass is 263 g/mol. The van der Waals surface area contributed by atoms with Crippen LogP contribution in [0.15, 0.2) is 6.33 Å². The molecular formula is C12H17N5O2. The van der Waals surface area contributed by atoms with Gasteiger partial charge in [0.15, 0.2) is 11.2 Å². The molecule has 1 unspecified atom stereocenters. The summed E-state index contributed by atoms with van der Waals surface area (Å²) >= 11 is 0. The fraction of sp³-hybridized carbons (Fsp3) is 0.583. The van der Waals surface area contributed by atoms with E-state index < -0.39 is 0 Å². The van der Waals surface area contributed by atoms with E-state index in [4.69, 9.17) is 15.2 Å². The molecule has 0 amide bonds. The van der Waals surface area contributed by atoms with Crippen LogP contribution in [0.1, 0.15) is 32.4 Å². The molecule has 0 saturated carbocycles. The molecule has 2 aromatic heterocycles. The number of hydrogen-bond acceptors (Lipinski definition) is 6. The zero-order chi connectivity index (χ0) is 13.2. The van der Waals surface area contributed by atoms with Crippen molar-refractivity contribution in [3.05, 3.63) is 6.33 Å². The highest BCUT2D eigenvalue weighted by molar-refractivity contribution is 5.77. The molecule has 3 rings (SSSR count). The Morgan fingerprint density at radius 2 is 2.37 bits per heavy atom. The highest BCUT2D eigenvalue weighted by atomic mass is 16.5. The van der Waals surface area contributed by atoms with Crippen LogP contribution in [0.2, 0.25) is 0 Å². The lowest BCUT2D eigenvalue weighted by molar-refractivity contribution is -0.0298. The number of imidazole rings is 1. The molecule has 1 aliphatic rings. The Bertz CT molecular complexity index is 577. The maximum absolute atomic E-state index is 5.75. The topological polar surface area (TPSA) is 88.1 Å². The Kier molecular flexibility index (Phi) is 3.20. The minimum absolute atomic E-state index is 0.0254. The molecule has 1 atom stereocenters. The van der Waals surface area contributed by atoms with E-state index in [0.29, 0.717) is 23.7 Å². The van der Waals surface area contributed by atoms with Crippen molar-refractivity contribution in [2.75, 3.05) is 18.9 Å². The lowest BCUT2D eigenvalue weighted by atomic mass is 10.2. The van der Waals surface area contributed by atoms with E-state index in [0.717, 1.165) is 25.9 Å². The smallest absolute Gasteiger partial charge is 0.247 e. The molecule has 1 saturated heterocycles. The van der Waals surface area contributed by atoms with Gasteiger partial charge in [0, 0.05) is 6.61 Å². The van der Waals surface area contributed by atoms with E-state index in [1.54, 1.807) is 6.33 Å².